The van der Waals surface area contributed by atoms with E-state index in [4.69, 9.17) is 11.5 Å². The number of amides is 1. The number of anilines is 2. The zero-order valence-electron chi connectivity index (χ0n) is 9.44. The molecule has 1 aromatic rings. The van der Waals surface area contributed by atoms with Gasteiger partial charge in [-0.2, -0.15) is 0 Å². The summed E-state index contributed by atoms with van der Waals surface area (Å²) in [6.07, 6.45) is 2.53. The largest absolute Gasteiger partial charge is 0.397 e. The molecule has 4 N–H and O–H groups in total. The highest BCUT2D eigenvalue weighted by Crippen LogP contribution is 2.33. The first-order valence-electron chi connectivity index (χ1n) is 5.49. The maximum atomic E-state index is 11.3. The van der Waals surface area contributed by atoms with Gasteiger partial charge in [-0.15, -0.1) is 0 Å². The van der Waals surface area contributed by atoms with Crippen molar-refractivity contribution in [3.63, 3.8) is 0 Å². The number of nitrogens with zero attached hydrogens (tertiary/aromatic N) is 1. The van der Waals surface area contributed by atoms with Gasteiger partial charge in [0.25, 0.3) is 5.91 Å². The van der Waals surface area contributed by atoms with Crippen LogP contribution in [0.15, 0.2) is 18.2 Å². The Hall–Kier alpha value is -1.71. The van der Waals surface area contributed by atoms with E-state index >= 15 is 0 Å². The number of hydrogen-bond donors (Lipinski definition) is 2. The first kappa shape index (κ1) is 10.8. The maximum absolute atomic E-state index is 11.3. The fourth-order valence-electron chi connectivity index (χ4n) is 1.97. The van der Waals surface area contributed by atoms with Gasteiger partial charge in [-0.3, -0.25) is 4.79 Å². The lowest BCUT2D eigenvalue weighted by atomic mass is 10.1. The minimum atomic E-state index is -0.426. The second kappa shape index (κ2) is 4.04. The van der Waals surface area contributed by atoms with E-state index in [2.05, 4.69) is 0 Å². The molecule has 0 bridgehead atoms. The quantitative estimate of drug-likeness (QED) is 0.748. The lowest BCUT2D eigenvalue weighted by Gasteiger charge is -2.23. The van der Waals surface area contributed by atoms with Crippen LogP contribution < -0.4 is 16.4 Å². The number of nitrogens with two attached hydrogens (primary N) is 2. The molecule has 1 aliphatic carbocycles. The molecule has 1 aromatic carbocycles. The molecule has 86 valence electrons. The molecule has 0 radical (unpaired) electrons. The first-order valence-corrected chi connectivity index (χ1v) is 5.49. The second-order valence-corrected chi connectivity index (χ2v) is 4.43. The number of carbonyl (C=O) groups excluding carboxylic acids is 1. The summed E-state index contributed by atoms with van der Waals surface area (Å²) in [5.41, 5.74) is 13.1. The molecule has 0 unspecified atom stereocenters. The summed E-state index contributed by atoms with van der Waals surface area (Å²) in [5, 5.41) is 0. The third-order valence-electron chi connectivity index (χ3n) is 2.94. The Bertz CT molecular complexity index is 413. The van der Waals surface area contributed by atoms with Gasteiger partial charge in [0.05, 0.1) is 16.9 Å². The van der Waals surface area contributed by atoms with Crippen molar-refractivity contribution in [2.24, 2.45) is 11.7 Å². The van der Waals surface area contributed by atoms with Crippen molar-refractivity contribution < 1.29 is 4.79 Å². The van der Waals surface area contributed by atoms with Crippen LogP contribution in [0.3, 0.4) is 0 Å². The molecule has 0 aliphatic heterocycles. The monoisotopic (exact) mass is 219 g/mol. The van der Waals surface area contributed by atoms with Crippen LogP contribution in [0, 0.1) is 5.92 Å². The van der Waals surface area contributed by atoms with Gasteiger partial charge in [-0.1, -0.05) is 6.07 Å². The molecule has 2 rings (SSSR count). The second-order valence-electron chi connectivity index (χ2n) is 4.43. The summed E-state index contributed by atoms with van der Waals surface area (Å²) in [6.45, 7) is 0.939. The summed E-state index contributed by atoms with van der Waals surface area (Å²) < 4.78 is 0. The summed E-state index contributed by atoms with van der Waals surface area (Å²) >= 11 is 0. The molecule has 4 nitrogen and oxygen atoms in total. The van der Waals surface area contributed by atoms with Crippen LogP contribution >= 0.6 is 0 Å². The highest BCUT2D eigenvalue weighted by Gasteiger charge is 2.25. The molecule has 16 heavy (non-hydrogen) atoms. The summed E-state index contributed by atoms with van der Waals surface area (Å²) in [5.74, 6) is 0.315. The fraction of sp³-hybridized carbons (Fsp3) is 0.417. The zero-order valence-corrected chi connectivity index (χ0v) is 9.44. The van der Waals surface area contributed by atoms with Gasteiger partial charge >= 0.3 is 0 Å². The molecule has 1 amide bonds. The molecule has 4 heteroatoms. The molecule has 0 spiro atoms. The van der Waals surface area contributed by atoms with E-state index in [9.17, 15) is 4.79 Å². The predicted octanol–water partition coefficient (Wildman–Crippen LogP) is 1.21. The standard InChI is InChI=1S/C12H17N3O/c1-15(7-8-5-6-8)11-9(12(14)16)3-2-4-10(11)13/h2-4,8H,5-7,13H2,1H3,(H2,14,16). The SMILES string of the molecule is CN(CC1CC1)c1c(N)cccc1C(N)=O. The smallest absolute Gasteiger partial charge is 0.250 e. The number of rotatable bonds is 4. The van der Waals surface area contributed by atoms with Gasteiger partial charge in [0.15, 0.2) is 0 Å². The Labute approximate surface area is 95.2 Å². The van der Waals surface area contributed by atoms with E-state index in [1.807, 2.05) is 11.9 Å². The molecular formula is C12H17N3O. The molecule has 0 saturated heterocycles. The van der Waals surface area contributed by atoms with Crippen LogP contribution in [-0.4, -0.2) is 19.5 Å². The Balaban J connectivity index is 2.31. The predicted molar refractivity (Wildman–Crippen MR) is 65.4 cm³/mol. The van der Waals surface area contributed by atoms with E-state index in [1.165, 1.54) is 12.8 Å². The molecule has 0 aromatic heterocycles. The maximum Gasteiger partial charge on any atom is 0.250 e. The minimum Gasteiger partial charge on any atom is -0.397 e. The number of primary amides is 1. The molecular weight excluding hydrogens is 202 g/mol. The first-order chi connectivity index (χ1) is 7.59. The van der Waals surface area contributed by atoms with Gasteiger partial charge in [0.1, 0.15) is 0 Å². The lowest BCUT2D eigenvalue weighted by molar-refractivity contribution is 0.100. The summed E-state index contributed by atoms with van der Waals surface area (Å²) in [4.78, 5) is 13.4. The van der Waals surface area contributed by atoms with Crippen LogP contribution in [-0.2, 0) is 0 Å². The third-order valence-corrected chi connectivity index (χ3v) is 2.94. The zero-order chi connectivity index (χ0) is 11.7. The fourth-order valence-corrected chi connectivity index (χ4v) is 1.97. The van der Waals surface area contributed by atoms with Crippen LogP contribution in [0.25, 0.3) is 0 Å². The average molecular weight is 219 g/mol. The van der Waals surface area contributed by atoms with Crippen molar-refractivity contribution in [1.82, 2.24) is 0 Å². The van der Waals surface area contributed by atoms with Crippen LogP contribution in [0.2, 0.25) is 0 Å². The van der Waals surface area contributed by atoms with E-state index in [0.717, 1.165) is 18.2 Å². The molecule has 1 aliphatic rings. The molecule has 0 atom stereocenters. The van der Waals surface area contributed by atoms with Crippen LogP contribution in [0.5, 0.6) is 0 Å². The van der Waals surface area contributed by atoms with Crippen molar-refractivity contribution >= 4 is 17.3 Å². The van der Waals surface area contributed by atoms with Crippen molar-refractivity contribution in [2.75, 3.05) is 24.2 Å². The van der Waals surface area contributed by atoms with Gasteiger partial charge in [0.2, 0.25) is 0 Å². The van der Waals surface area contributed by atoms with Gasteiger partial charge in [-0.25, -0.2) is 0 Å². The number of hydrogen-bond acceptors (Lipinski definition) is 3. The van der Waals surface area contributed by atoms with Crippen molar-refractivity contribution in [3.05, 3.63) is 23.8 Å². The Morgan fingerprint density at radius 1 is 1.50 bits per heavy atom. The molecule has 1 saturated carbocycles. The van der Waals surface area contributed by atoms with E-state index in [0.29, 0.717) is 11.3 Å². The highest BCUT2D eigenvalue weighted by molar-refractivity contribution is 6.01. The highest BCUT2D eigenvalue weighted by atomic mass is 16.1. The van der Waals surface area contributed by atoms with Crippen LogP contribution in [0.4, 0.5) is 11.4 Å². The number of nitrogen functional groups attached to an aromatic ring is 1. The van der Waals surface area contributed by atoms with Gasteiger partial charge in [-0.05, 0) is 30.9 Å². The molecule has 1 fully saturated rings. The summed E-state index contributed by atoms with van der Waals surface area (Å²) in [6, 6.07) is 5.27. The van der Waals surface area contributed by atoms with Crippen LogP contribution in [0.1, 0.15) is 23.2 Å². The Morgan fingerprint density at radius 2 is 2.19 bits per heavy atom. The number of benzene rings is 1. The lowest BCUT2D eigenvalue weighted by Crippen LogP contribution is -2.25. The Morgan fingerprint density at radius 3 is 2.75 bits per heavy atom. The van der Waals surface area contributed by atoms with Gasteiger partial charge in [0, 0.05) is 13.6 Å². The number of carbonyl (C=O) groups is 1. The summed E-state index contributed by atoms with van der Waals surface area (Å²) in [7, 11) is 1.95. The topological polar surface area (TPSA) is 72.3 Å². The average Bonchev–Trinajstić information content (AvgIpc) is 3.00. The van der Waals surface area contributed by atoms with Crippen molar-refractivity contribution in [1.29, 1.82) is 0 Å². The normalized spacial score (nSPS) is 14.8. The Kier molecular flexibility index (Phi) is 2.73. The minimum absolute atomic E-state index is 0.426. The van der Waals surface area contributed by atoms with E-state index in [1.54, 1.807) is 18.2 Å². The van der Waals surface area contributed by atoms with E-state index < -0.39 is 5.91 Å². The third kappa shape index (κ3) is 2.10. The van der Waals surface area contributed by atoms with Gasteiger partial charge < -0.3 is 16.4 Å². The van der Waals surface area contributed by atoms with E-state index in [-0.39, 0.29) is 0 Å². The number of para-hydroxylation sites is 1. The molecule has 0 heterocycles. The van der Waals surface area contributed by atoms with Crippen molar-refractivity contribution in [2.45, 2.75) is 12.8 Å². The van der Waals surface area contributed by atoms with Crippen molar-refractivity contribution in [3.8, 4) is 0 Å².